The summed E-state index contributed by atoms with van der Waals surface area (Å²) in [4.78, 5) is 0. The summed E-state index contributed by atoms with van der Waals surface area (Å²) < 4.78 is 61.1. The largest absolute Gasteiger partial charge is 0.741 e. The SMILES string of the molecule is C[N+]1=C(/C(=N/O)c2ccccc2)CCC1.O=S(=O)([O-])C(F)(F)F. The minimum Gasteiger partial charge on any atom is -0.741 e. The lowest BCUT2D eigenvalue weighted by atomic mass is 10.0. The average molecular weight is 352 g/mol. The molecule has 0 saturated carbocycles. The van der Waals surface area contributed by atoms with E-state index in [-0.39, 0.29) is 0 Å². The number of oxime groups is 1. The molecule has 1 aromatic rings. The van der Waals surface area contributed by atoms with Gasteiger partial charge in [0.25, 0.3) is 0 Å². The molecule has 1 N–H and O–H groups in total. The number of hydrogen-bond donors (Lipinski definition) is 1. The van der Waals surface area contributed by atoms with E-state index < -0.39 is 15.6 Å². The maximum atomic E-state index is 10.7. The molecule has 2 rings (SSSR count). The van der Waals surface area contributed by atoms with Crippen LogP contribution in [0.5, 0.6) is 0 Å². The molecule has 6 nitrogen and oxygen atoms in total. The lowest BCUT2D eigenvalue weighted by Gasteiger charge is -2.08. The van der Waals surface area contributed by atoms with Crippen LogP contribution in [0.25, 0.3) is 0 Å². The van der Waals surface area contributed by atoms with Crippen LogP contribution in [0.3, 0.4) is 0 Å². The van der Waals surface area contributed by atoms with Gasteiger partial charge in [0.2, 0.25) is 5.71 Å². The van der Waals surface area contributed by atoms with E-state index in [1.54, 1.807) is 0 Å². The smallest absolute Gasteiger partial charge is 0.485 e. The molecule has 0 fully saturated rings. The van der Waals surface area contributed by atoms with Crippen molar-refractivity contribution in [2.45, 2.75) is 18.3 Å². The van der Waals surface area contributed by atoms with E-state index in [9.17, 15) is 13.2 Å². The first kappa shape index (κ1) is 19.1. The van der Waals surface area contributed by atoms with Gasteiger partial charge in [0, 0.05) is 18.4 Å². The van der Waals surface area contributed by atoms with Crippen molar-refractivity contribution in [2.75, 3.05) is 13.6 Å². The first-order valence-electron chi connectivity index (χ1n) is 6.45. The van der Waals surface area contributed by atoms with Crippen molar-refractivity contribution in [3.63, 3.8) is 0 Å². The van der Waals surface area contributed by atoms with Gasteiger partial charge in [-0.2, -0.15) is 13.2 Å². The highest BCUT2D eigenvalue weighted by Gasteiger charge is 2.36. The maximum Gasteiger partial charge on any atom is 0.485 e. The summed E-state index contributed by atoms with van der Waals surface area (Å²) in [6.07, 6.45) is 2.13. The molecule has 1 heterocycles. The highest BCUT2D eigenvalue weighted by Crippen LogP contribution is 2.20. The number of rotatable bonds is 2. The van der Waals surface area contributed by atoms with E-state index in [1.807, 2.05) is 37.4 Å². The Labute approximate surface area is 131 Å². The Hall–Kier alpha value is -1.94. The third-order valence-corrected chi connectivity index (χ3v) is 3.64. The predicted octanol–water partition coefficient (Wildman–Crippen LogP) is 1.79. The predicted molar refractivity (Wildman–Crippen MR) is 75.8 cm³/mol. The van der Waals surface area contributed by atoms with Crippen LogP contribution in [-0.4, -0.2) is 53.3 Å². The average Bonchev–Trinajstić information content (AvgIpc) is 2.86. The lowest BCUT2D eigenvalue weighted by molar-refractivity contribution is -0.487. The van der Waals surface area contributed by atoms with E-state index in [4.69, 9.17) is 18.2 Å². The molecule has 1 aromatic carbocycles. The minimum atomic E-state index is -6.09. The maximum absolute atomic E-state index is 10.7. The van der Waals surface area contributed by atoms with Crippen molar-refractivity contribution in [3.05, 3.63) is 35.9 Å². The van der Waals surface area contributed by atoms with Gasteiger partial charge in [-0.25, -0.2) is 13.0 Å². The molecule has 0 bridgehead atoms. The highest BCUT2D eigenvalue weighted by molar-refractivity contribution is 7.86. The molecule has 0 spiro atoms. The summed E-state index contributed by atoms with van der Waals surface area (Å²) in [5, 5.41) is 12.5. The molecule has 10 heteroatoms. The summed E-state index contributed by atoms with van der Waals surface area (Å²) in [5.41, 5.74) is -2.84. The van der Waals surface area contributed by atoms with Gasteiger partial charge in [0.15, 0.2) is 15.8 Å². The quantitative estimate of drug-likeness (QED) is 0.219. The van der Waals surface area contributed by atoms with Crippen molar-refractivity contribution in [1.82, 2.24) is 0 Å². The summed E-state index contributed by atoms with van der Waals surface area (Å²) in [6.45, 7) is 1.04. The van der Waals surface area contributed by atoms with Gasteiger partial charge in [-0.05, 0) is 0 Å². The first-order valence-corrected chi connectivity index (χ1v) is 7.85. The number of alkyl halides is 3. The molecular formula is C13H15F3N2O4S. The highest BCUT2D eigenvalue weighted by atomic mass is 32.2. The number of benzene rings is 1. The van der Waals surface area contributed by atoms with Gasteiger partial charge in [0.1, 0.15) is 13.6 Å². The summed E-state index contributed by atoms with van der Waals surface area (Å²) in [5.74, 6) is 0. The van der Waals surface area contributed by atoms with E-state index in [0.717, 1.165) is 30.7 Å². The number of hydrogen-bond acceptors (Lipinski definition) is 5. The summed E-state index contributed by atoms with van der Waals surface area (Å²) in [6, 6.07) is 9.80. The van der Waals surface area contributed by atoms with E-state index >= 15 is 0 Å². The molecule has 0 aliphatic carbocycles. The zero-order valence-corrected chi connectivity index (χ0v) is 12.9. The molecule has 1 aliphatic heterocycles. The Morgan fingerprint density at radius 3 is 2.17 bits per heavy atom. The van der Waals surface area contributed by atoms with Gasteiger partial charge in [0.05, 0.1) is 0 Å². The van der Waals surface area contributed by atoms with E-state index in [2.05, 4.69) is 9.73 Å². The second kappa shape index (κ2) is 7.55. The Balaban J connectivity index is 0.000000284. The van der Waals surface area contributed by atoms with Gasteiger partial charge < -0.3 is 9.76 Å². The van der Waals surface area contributed by atoms with Gasteiger partial charge in [-0.15, -0.1) is 0 Å². The van der Waals surface area contributed by atoms with Crippen molar-refractivity contribution in [1.29, 1.82) is 0 Å². The van der Waals surface area contributed by atoms with Crippen LogP contribution in [0.4, 0.5) is 13.2 Å². The molecule has 1 aliphatic rings. The fourth-order valence-electron chi connectivity index (χ4n) is 1.99. The molecular weight excluding hydrogens is 337 g/mol. The van der Waals surface area contributed by atoms with Crippen molar-refractivity contribution in [3.8, 4) is 0 Å². The molecule has 0 amide bonds. The van der Waals surface area contributed by atoms with Gasteiger partial charge in [-0.3, -0.25) is 0 Å². The lowest BCUT2D eigenvalue weighted by Crippen LogP contribution is -2.21. The molecule has 23 heavy (non-hydrogen) atoms. The fraction of sp³-hybridized carbons (Fsp3) is 0.385. The molecule has 0 saturated heterocycles. The fourth-order valence-corrected chi connectivity index (χ4v) is 1.99. The van der Waals surface area contributed by atoms with Gasteiger partial charge in [-0.1, -0.05) is 35.5 Å². The van der Waals surface area contributed by atoms with Gasteiger partial charge >= 0.3 is 5.51 Å². The Bertz CT molecular complexity index is 698. The molecule has 0 unspecified atom stereocenters. The van der Waals surface area contributed by atoms with Crippen molar-refractivity contribution < 1.29 is 35.9 Å². The second-order valence-electron chi connectivity index (χ2n) is 4.69. The second-order valence-corrected chi connectivity index (χ2v) is 6.06. The van der Waals surface area contributed by atoms with Crippen molar-refractivity contribution >= 4 is 21.5 Å². The number of halogens is 3. The molecule has 0 atom stereocenters. The molecule has 0 radical (unpaired) electrons. The topological polar surface area (TPSA) is 92.8 Å². The van der Waals surface area contributed by atoms with Crippen LogP contribution >= 0.6 is 0 Å². The molecule has 0 aromatic heterocycles. The Kier molecular flexibility index (Phi) is 6.28. The number of nitrogens with zero attached hydrogens (tertiary/aromatic N) is 2. The third kappa shape index (κ3) is 5.32. The normalized spacial score (nSPS) is 16.1. The Morgan fingerprint density at radius 1 is 1.30 bits per heavy atom. The van der Waals surface area contributed by atoms with E-state index in [1.165, 1.54) is 0 Å². The molecule has 128 valence electrons. The van der Waals surface area contributed by atoms with Crippen LogP contribution in [-0.2, 0) is 10.1 Å². The Morgan fingerprint density at radius 2 is 1.83 bits per heavy atom. The zero-order valence-electron chi connectivity index (χ0n) is 12.1. The zero-order chi connectivity index (χ0) is 17.7. The summed E-state index contributed by atoms with van der Waals surface area (Å²) >= 11 is 0. The first-order chi connectivity index (χ1) is 10.6. The van der Waals surface area contributed by atoms with Crippen LogP contribution < -0.4 is 0 Å². The van der Waals surface area contributed by atoms with Crippen LogP contribution in [0.2, 0.25) is 0 Å². The van der Waals surface area contributed by atoms with Crippen LogP contribution in [0, 0.1) is 0 Å². The monoisotopic (exact) mass is 352 g/mol. The minimum absolute atomic E-state index is 0.704. The summed E-state index contributed by atoms with van der Waals surface area (Å²) in [7, 11) is -4.05. The van der Waals surface area contributed by atoms with E-state index in [0.29, 0.717) is 5.71 Å². The van der Waals surface area contributed by atoms with Crippen molar-refractivity contribution in [2.24, 2.45) is 5.16 Å². The standard InChI is InChI=1S/C12H14N2O.CHF3O3S/c1-14-9-5-8-11(14)12(13-15)10-6-3-2-4-7-10;2-1(3,4)8(5,6)7/h2-4,6-7H,5,8-9H2,1H3;(H,5,6,7). The van der Waals surface area contributed by atoms with Crippen LogP contribution in [0.1, 0.15) is 18.4 Å². The third-order valence-electron chi connectivity index (χ3n) is 3.07. The van der Waals surface area contributed by atoms with Crippen LogP contribution in [0.15, 0.2) is 35.5 Å².